The van der Waals surface area contributed by atoms with Gasteiger partial charge in [0.15, 0.2) is 5.69 Å². The molecule has 0 aromatic carbocycles. The minimum atomic E-state index is -0.280. The van der Waals surface area contributed by atoms with E-state index in [0.717, 1.165) is 37.5 Å². The maximum atomic E-state index is 11.8. The number of piperidine rings is 1. The molecule has 5 heteroatoms. The number of likely N-dealkylation sites (N-methyl/N-ethyl adjacent to an activating group) is 1. The smallest absolute Gasteiger partial charge is 0.358 e. The fourth-order valence-electron chi connectivity index (χ4n) is 2.07. The van der Waals surface area contributed by atoms with Gasteiger partial charge in [0.1, 0.15) is 6.10 Å². The van der Waals surface area contributed by atoms with Crippen LogP contribution < -0.4 is 0 Å². The Hall–Kier alpha value is -0.940. The van der Waals surface area contributed by atoms with Crippen molar-refractivity contribution in [2.75, 3.05) is 19.6 Å². The minimum absolute atomic E-state index is 0.0261. The fraction of sp³-hybridized carbons (Fsp3) is 0.667. The summed E-state index contributed by atoms with van der Waals surface area (Å²) in [7, 11) is 0. The van der Waals surface area contributed by atoms with Crippen LogP contribution in [-0.2, 0) is 4.74 Å². The van der Waals surface area contributed by atoms with Gasteiger partial charge in [-0.05, 0) is 32.9 Å². The molecule has 1 aliphatic heterocycles. The van der Waals surface area contributed by atoms with E-state index in [4.69, 9.17) is 4.74 Å². The minimum Gasteiger partial charge on any atom is -0.456 e. The zero-order chi connectivity index (χ0) is 12.3. The standard InChI is InChI=1S/C12H18N2O2S/c1-3-14-6-4-5-10(7-14)16-12(15)11-8-17-9(2)13-11/h8,10H,3-7H2,1-2H3. The third-order valence-corrected chi connectivity index (χ3v) is 3.78. The van der Waals surface area contributed by atoms with Crippen LogP contribution in [0.15, 0.2) is 5.38 Å². The molecule has 0 saturated carbocycles. The van der Waals surface area contributed by atoms with Crippen LogP contribution in [0.25, 0.3) is 0 Å². The largest absolute Gasteiger partial charge is 0.456 e. The van der Waals surface area contributed by atoms with Crippen molar-refractivity contribution in [1.29, 1.82) is 0 Å². The topological polar surface area (TPSA) is 42.4 Å². The van der Waals surface area contributed by atoms with Gasteiger partial charge < -0.3 is 4.74 Å². The molecule has 17 heavy (non-hydrogen) atoms. The molecule has 0 bridgehead atoms. The average Bonchev–Trinajstić information content (AvgIpc) is 2.76. The molecule has 1 aliphatic rings. The number of aryl methyl sites for hydroxylation is 1. The van der Waals surface area contributed by atoms with Crippen molar-refractivity contribution < 1.29 is 9.53 Å². The van der Waals surface area contributed by atoms with Gasteiger partial charge >= 0.3 is 5.97 Å². The number of nitrogens with zero attached hydrogens (tertiary/aromatic N) is 2. The highest BCUT2D eigenvalue weighted by Crippen LogP contribution is 2.16. The number of hydrogen-bond donors (Lipinski definition) is 0. The van der Waals surface area contributed by atoms with Crippen molar-refractivity contribution in [2.45, 2.75) is 32.8 Å². The number of aromatic nitrogens is 1. The molecule has 1 aromatic rings. The lowest BCUT2D eigenvalue weighted by Gasteiger charge is -2.31. The number of likely N-dealkylation sites (tertiary alicyclic amines) is 1. The van der Waals surface area contributed by atoms with E-state index in [2.05, 4.69) is 16.8 Å². The first-order valence-corrected chi connectivity index (χ1v) is 6.92. The molecule has 2 heterocycles. The summed E-state index contributed by atoms with van der Waals surface area (Å²) in [6, 6.07) is 0. The maximum Gasteiger partial charge on any atom is 0.358 e. The number of hydrogen-bond acceptors (Lipinski definition) is 5. The quantitative estimate of drug-likeness (QED) is 0.775. The van der Waals surface area contributed by atoms with Crippen LogP contribution in [0.5, 0.6) is 0 Å². The van der Waals surface area contributed by atoms with Gasteiger partial charge in [-0.1, -0.05) is 6.92 Å². The molecule has 1 saturated heterocycles. The van der Waals surface area contributed by atoms with Crippen molar-refractivity contribution in [3.05, 3.63) is 16.1 Å². The molecule has 0 aliphatic carbocycles. The number of rotatable bonds is 3. The molecule has 1 aromatic heterocycles. The summed E-state index contributed by atoms with van der Waals surface area (Å²) in [4.78, 5) is 18.3. The highest BCUT2D eigenvalue weighted by Gasteiger charge is 2.23. The lowest BCUT2D eigenvalue weighted by Crippen LogP contribution is -2.40. The number of carbonyl (C=O) groups is 1. The van der Waals surface area contributed by atoms with E-state index in [1.54, 1.807) is 5.38 Å². The highest BCUT2D eigenvalue weighted by molar-refractivity contribution is 7.09. The molecular formula is C12H18N2O2S. The van der Waals surface area contributed by atoms with Crippen LogP contribution in [0.3, 0.4) is 0 Å². The number of carbonyl (C=O) groups excluding carboxylic acids is 1. The molecule has 1 fully saturated rings. The van der Waals surface area contributed by atoms with Crippen LogP contribution in [0.1, 0.15) is 35.3 Å². The van der Waals surface area contributed by atoms with Crippen molar-refractivity contribution >= 4 is 17.3 Å². The van der Waals surface area contributed by atoms with E-state index < -0.39 is 0 Å². The fourth-order valence-corrected chi connectivity index (χ4v) is 2.65. The van der Waals surface area contributed by atoms with Gasteiger partial charge in [0.25, 0.3) is 0 Å². The van der Waals surface area contributed by atoms with E-state index in [0.29, 0.717) is 5.69 Å². The van der Waals surface area contributed by atoms with Gasteiger partial charge in [0.05, 0.1) is 5.01 Å². The first-order chi connectivity index (χ1) is 8.19. The Morgan fingerprint density at radius 3 is 3.18 bits per heavy atom. The molecule has 1 unspecified atom stereocenters. The van der Waals surface area contributed by atoms with Gasteiger partial charge in [-0.2, -0.15) is 0 Å². The van der Waals surface area contributed by atoms with Crippen LogP contribution in [0, 0.1) is 6.92 Å². The van der Waals surface area contributed by atoms with Gasteiger partial charge in [-0.15, -0.1) is 11.3 Å². The van der Waals surface area contributed by atoms with E-state index in [1.165, 1.54) is 11.3 Å². The summed E-state index contributed by atoms with van der Waals surface area (Å²) in [5.41, 5.74) is 0.445. The molecule has 0 radical (unpaired) electrons. The van der Waals surface area contributed by atoms with Gasteiger partial charge in [0.2, 0.25) is 0 Å². The first kappa shape index (κ1) is 12.5. The molecule has 2 rings (SSSR count). The second-order valence-corrected chi connectivity index (χ2v) is 5.38. The normalized spacial score (nSPS) is 21.4. The van der Waals surface area contributed by atoms with Gasteiger partial charge in [0, 0.05) is 11.9 Å². The predicted octanol–water partition coefficient (Wildman–Crippen LogP) is 2.09. The maximum absolute atomic E-state index is 11.8. The monoisotopic (exact) mass is 254 g/mol. The Bertz CT molecular complexity index is 392. The average molecular weight is 254 g/mol. The van der Waals surface area contributed by atoms with E-state index in [9.17, 15) is 4.79 Å². The molecule has 1 atom stereocenters. The van der Waals surface area contributed by atoms with E-state index in [-0.39, 0.29) is 12.1 Å². The lowest BCUT2D eigenvalue weighted by atomic mass is 10.1. The van der Waals surface area contributed by atoms with Crippen molar-refractivity contribution in [3.8, 4) is 0 Å². The van der Waals surface area contributed by atoms with Crippen LogP contribution in [0.2, 0.25) is 0 Å². The summed E-state index contributed by atoms with van der Waals surface area (Å²) in [6.07, 6.45) is 2.09. The van der Waals surface area contributed by atoms with Crippen molar-refractivity contribution in [3.63, 3.8) is 0 Å². The van der Waals surface area contributed by atoms with E-state index >= 15 is 0 Å². The molecule has 0 spiro atoms. The zero-order valence-electron chi connectivity index (χ0n) is 10.3. The first-order valence-electron chi connectivity index (χ1n) is 6.04. The Labute approximate surface area is 106 Å². The summed E-state index contributed by atoms with van der Waals surface area (Å²) in [5, 5.41) is 2.66. The van der Waals surface area contributed by atoms with Crippen molar-refractivity contribution in [2.24, 2.45) is 0 Å². The van der Waals surface area contributed by atoms with Gasteiger partial charge in [-0.3, -0.25) is 4.90 Å². The Kier molecular flexibility index (Phi) is 4.12. The number of ether oxygens (including phenoxy) is 1. The second-order valence-electron chi connectivity index (χ2n) is 4.31. The van der Waals surface area contributed by atoms with Crippen LogP contribution in [-0.4, -0.2) is 41.6 Å². The summed E-state index contributed by atoms with van der Waals surface area (Å²) in [5.74, 6) is -0.280. The number of esters is 1. The highest BCUT2D eigenvalue weighted by atomic mass is 32.1. The molecular weight excluding hydrogens is 236 g/mol. The third-order valence-electron chi connectivity index (χ3n) is 3.01. The van der Waals surface area contributed by atoms with Crippen molar-refractivity contribution in [1.82, 2.24) is 9.88 Å². The molecule has 0 amide bonds. The Morgan fingerprint density at radius 2 is 2.53 bits per heavy atom. The summed E-state index contributed by atoms with van der Waals surface area (Å²) in [6.45, 7) is 7.00. The third kappa shape index (κ3) is 3.26. The van der Waals surface area contributed by atoms with Gasteiger partial charge in [-0.25, -0.2) is 9.78 Å². The predicted molar refractivity (Wildman–Crippen MR) is 67.4 cm³/mol. The molecule has 94 valence electrons. The Morgan fingerprint density at radius 1 is 1.71 bits per heavy atom. The SMILES string of the molecule is CCN1CCCC(OC(=O)c2csc(C)n2)C1. The summed E-state index contributed by atoms with van der Waals surface area (Å²) >= 11 is 1.48. The van der Waals surface area contributed by atoms with Crippen LogP contribution in [0.4, 0.5) is 0 Å². The lowest BCUT2D eigenvalue weighted by molar-refractivity contribution is 0.00722. The Balaban J connectivity index is 1.90. The second kappa shape index (κ2) is 5.60. The number of thiazole rings is 1. The van der Waals surface area contributed by atoms with E-state index in [1.807, 2.05) is 6.92 Å². The van der Waals surface area contributed by atoms with Crippen LogP contribution >= 0.6 is 11.3 Å². The molecule has 4 nitrogen and oxygen atoms in total. The zero-order valence-corrected chi connectivity index (χ0v) is 11.1. The molecule has 0 N–H and O–H groups in total. The summed E-state index contributed by atoms with van der Waals surface area (Å²) < 4.78 is 5.49.